The van der Waals surface area contributed by atoms with Crippen molar-refractivity contribution in [3.05, 3.63) is 119 Å². The molecule has 0 aliphatic heterocycles. The van der Waals surface area contributed by atoms with Gasteiger partial charge in [0.2, 0.25) is 0 Å². The molecule has 1 aliphatic rings. The maximum Gasteiger partial charge on any atom is 0.145 e. The number of nitrogens with zero attached hydrogens (tertiary/aromatic N) is 2. The average molecular weight is 471 g/mol. The summed E-state index contributed by atoms with van der Waals surface area (Å²) in [5.74, 6) is 2.56. The van der Waals surface area contributed by atoms with Gasteiger partial charge in [-0.15, -0.1) is 0 Å². The van der Waals surface area contributed by atoms with Crippen LogP contribution in [-0.2, 0) is 5.41 Å². The molecular formula is C32H26N2O2. The SMILES string of the molecule is N#Cc1ccccc1Oc1ccc(C2(c3ccc(Oc4ccccc4C#N)cc3)CCCCC2)cc1. The molecule has 0 unspecified atom stereocenters. The van der Waals surface area contributed by atoms with E-state index in [1.165, 1.54) is 30.4 Å². The molecule has 1 aliphatic carbocycles. The van der Waals surface area contributed by atoms with Crippen LogP contribution in [0.1, 0.15) is 54.4 Å². The Morgan fingerprint density at radius 1 is 0.528 bits per heavy atom. The summed E-state index contributed by atoms with van der Waals surface area (Å²) >= 11 is 0. The van der Waals surface area contributed by atoms with Crippen molar-refractivity contribution in [2.24, 2.45) is 0 Å². The Kier molecular flexibility index (Phi) is 6.69. The summed E-state index contributed by atoms with van der Waals surface area (Å²) in [4.78, 5) is 0. The molecular weight excluding hydrogens is 444 g/mol. The van der Waals surface area contributed by atoms with E-state index in [1.807, 2.05) is 60.7 Å². The predicted octanol–water partition coefficient (Wildman–Crippen LogP) is 8.26. The molecule has 0 heterocycles. The number of rotatable bonds is 6. The molecule has 1 saturated carbocycles. The fourth-order valence-electron chi connectivity index (χ4n) is 5.13. The molecule has 0 spiro atoms. The van der Waals surface area contributed by atoms with Crippen LogP contribution in [0.25, 0.3) is 0 Å². The van der Waals surface area contributed by atoms with Gasteiger partial charge in [0.05, 0.1) is 11.1 Å². The van der Waals surface area contributed by atoms with Gasteiger partial charge in [0.25, 0.3) is 0 Å². The number of hydrogen-bond donors (Lipinski definition) is 0. The molecule has 176 valence electrons. The van der Waals surface area contributed by atoms with Crippen LogP contribution in [0.2, 0.25) is 0 Å². The van der Waals surface area contributed by atoms with Gasteiger partial charge in [-0.2, -0.15) is 10.5 Å². The average Bonchev–Trinajstić information content (AvgIpc) is 2.95. The van der Waals surface area contributed by atoms with Gasteiger partial charge in [0.1, 0.15) is 35.1 Å². The minimum Gasteiger partial charge on any atom is -0.456 e. The van der Waals surface area contributed by atoms with Gasteiger partial charge in [-0.05, 0) is 72.5 Å². The summed E-state index contributed by atoms with van der Waals surface area (Å²) in [6.45, 7) is 0. The Balaban J connectivity index is 1.41. The van der Waals surface area contributed by atoms with Gasteiger partial charge in [0.15, 0.2) is 0 Å². The molecule has 0 radical (unpaired) electrons. The van der Waals surface area contributed by atoms with Gasteiger partial charge < -0.3 is 9.47 Å². The summed E-state index contributed by atoms with van der Waals surface area (Å²) in [5, 5.41) is 18.7. The van der Waals surface area contributed by atoms with E-state index in [4.69, 9.17) is 9.47 Å². The van der Waals surface area contributed by atoms with Gasteiger partial charge >= 0.3 is 0 Å². The highest BCUT2D eigenvalue weighted by Crippen LogP contribution is 2.46. The Morgan fingerprint density at radius 3 is 1.36 bits per heavy atom. The number of hydrogen-bond acceptors (Lipinski definition) is 4. The third kappa shape index (κ3) is 4.67. The molecule has 4 heteroatoms. The molecule has 0 bridgehead atoms. The second-order valence-corrected chi connectivity index (χ2v) is 9.11. The van der Waals surface area contributed by atoms with Crippen LogP contribution in [0.15, 0.2) is 97.1 Å². The molecule has 0 aromatic heterocycles. The predicted molar refractivity (Wildman–Crippen MR) is 139 cm³/mol. The van der Waals surface area contributed by atoms with E-state index in [2.05, 4.69) is 36.4 Å². The van der Waals surface area contributed by atoms with Crippen LogP contribution in [0.5, 0.6) is 23.0 Å². The normalized spacial score (nSPS) is 14.3. The molecule has 36 heavy (non-hydrogen) atoms. The monoisotopic (exact) mass is 470 g/mol. The van der Waals surface area contributed by atoms with Crippen molar-refractivity contribution in [1.29, 1.82) is 10.5 Å². The number of ether oxygens (including phenoxy) is 2. The Morgan fingerprint density at radius 2 is 0.944 bits per heavy atom. The van der Waals surface area contributed by atoms with Crippen molar-refractivity contribution in [3.8, 4) is 35.1 Å². The minimum atomic E-state index is -0.0650. The first kappa shape index (κ1) is 23.2. The summed E-state index contributed by atoms with van der Waals surface area (Å²) in [6.07, 6.45) is 5.78. The van der Waals surface area contributed by atoms with Crippen LogP contribution >= 0.6 is 0 Å². The number of para-hydroxylation sites is 2. The molecule has 5 rings (SSSR count). The minimum absolute atomic E-state index is 0.0650. The van der Waals surface area contributed by atoms with Crippen LogP contribution in [0.3, 0.4) is 0 Å². The van der Waals surface area contributed by atoms with Gasteiger partial charge in [-0.3, -0.25) is 0 Å². The highest BCUT2D eigenvalue weighted by molar-refractivity contribution is 5.49. The quantitative estimate of drug-likeness (QED) is 0.284. The second kappa shape index (κ2) is 10.4. The van der Waals surface area contributed by atoms with E-state index in [0.29, 0.717) is 34.1 Å². The first-order chi connectivity index (χ1) is 17.7. The zero-order chi connectivity index (χ0) is 24.8. The first-order valence-corrected chi connectivity index (χ1v) is 12.3. The molecule has 0 N–H and O–H groups in total. The van der Waals surface area contributed by atoms with E-state index in [9.17, 15) is 10.5 Å². The van der Waals surface area contributed by atoms with E-state index < -0.39 is 0 Å². The van der Waals surface area contributed by atoms with Gasteiger partial charge in [-0.1, -0.05) is 67.8 Å². The Labute approximate surface area is 212 Å². The largest absolute Gasteiger partial charge is 0.456 e. The molecule has 0 amide bonds. The van der Waals surface area contributed by atoms with E-state index >= 15 is 0 Å². The van der Waals surface area contributed by atoms with E-state index in [0.717, 1.165) is 12.8 Å². The Bertz CT molecular complexity index is 1320. The maximum absolute atomic E-state index is 9.35. The highest BCUT2D eigenvalue weighted by atomic mass is 16.5. The molecule has 4 aromatic carbocycles. The van der Waals surface area contributed by atoms with Crippen molar-refractivity contribution in [2.75, 3.05) is 0 Å². The molecule has 4 nitrogen and oxygen atoms in total. The van der Waals surface area contributed by atoms with Crippen LogP contribution < -0.4 is 9.47 Å². The van der Waals surface area contributed by atoms with Crippen molar-refractivity contribution in [1.82, 2.24) is 0 Å². The van der Waals surface area contributed by atoms with Crippen LogP contribution in [0, 0.1) is 22.7 Å². The lowest BCUT2D eigenvalue weighted by atomic mass is 9.65. The lowest BCUT2D eigenvalue weighted by Crippen LogP contribution is -2.30. The lowest BCUT2D eigenvalue weighted by molar-refractivity contribution is 0.345. The molecule has 1 fully saturated rings. The van der Waals surface area contributed by atoms with Gasteiger partial charge in [0, 0.05) is 5.41 Å². The first-order valence-electron chi connectivity index (χ1n) is 12.3. The molecule has 0 atom stereocenters. The van der Waals surface area contributed by atoms with Crippen LogP contribution in [0.4, 0.5) is 0 Å². The topological polar surface area (TPSA) is 66.0 Å². The third-order valence-electron chi connectivity index (χ3n) is 6.99. The summed E-state index contributed by atoms with van der Waals surface area (Å²) in [6, 6.07) is 35.5. The fraction of sp³-hybridized carbons (Fsp3) is 0.188. The fourth-order valence-corrected chi connectivity index (χ4v) is 5.13. The molecule has 4 aromatic rings. The van der Waals surface area contributed by atoms with Crippen molar-refractivity contribution < 1.29 is 9.47 Å². The van der Waals surface area contributed by atoms with Crippen molar-refractivity contribution in [3.63, 3.8) is 0 Å². The highest BCUT2D eigenvalue weighted by Gasteiger charge is 2.35. The van der Waals surface area contributed by atoms with Crippen molar-refractivity contribution in [2.45, 2.75) is 37.5 Å². The maximum atomic E-state index is 9.35. The van der Waals surface area contributed by atoms with E-state index in [-0.39, 0.29) is 5.41 Å². The van der Waals surface area contributed by atoms with E-state index in [1.54, 1.807) is 12.1 Å². The third-order valence-corrected chi connectivity index (χ3v) is 6.99. The Hall–Kier alpha value is -4.54. The van der Waals surface area contributed by atoms with Crippen LogP contribution in [-0.4, -0.2) is 0 Å². The zero-order valence-electron chi connectivity index (χ0n) is 20.0. The zero-order valence-corrected chi connectivity index (χ0v) is 20.0. The summed E-state index contributed by atoms with van der Waals surface area (Å²) in [5.41, 5.74) is 3.51. The smallest absolute Gasteiger partial charge is 0.145 e. The number of nitriles is 2. The second-order valence-electron chi connectivity index (χ2n) is 9.11. The standard InChI is InChI=1S/C32H26N2O2/c33-22-24-8-2-4-10-30(24)35-28-16-12-26(13-17-28)32(20-6-1-7-21-32)27-14-18-29(19-15-27)36-31-11-5-3-9-25(31)23-34/h2-5,8-19H,1,6-7,20-21H2. The molecule has 0 saturated heterocycles. The summed E-state index contributed by atoms with van der Waals surface area (Å²) < 4.78 is 12.0. The van der Waals surface area contributed by atoms with Gasteiger partial charge in [-0.25, -0.2) is 0 Å². The number of benzene rings is 4. The van der Waals surface area contributed by atoms with Crippen molar-refractivity contribution >= 4 is 0 Å². The lowest BCUT2D eigenvalue weighted by Gasteiger charge is -2.38. The summed E-state index contributed by atoms with van der Waals surface area (Å²) in [7, 11) is 0.